The summed E-state index contributed by atoms with van der Waals surface area (Å²) in [5.74, 6) is -0.441. The van der Waals surface area contributed by atoms with E-state index in [2.05, 4.69) is 11.6 Å². The third-order valence-electron chi connectivity index (χ3n) is 3.56. The van der Waals surface area contributed by atoms with Crippen molar-refractivity contribution in [2.24, 2.45) is 10.1 Å². The van der Waals surface area contributed by atoms with Gasteiger partial charge in [-0.05, 0) is 36.4 Å². The lowest BCUT2D eigenvalue weighted by Gasteiger charge is -2.02. The molecule has 0 bridgehead atoms. The summed E-state index contributed by atoms with van der Waals surface area (Å²) in [5, 5.41) is 5.63. The molecule has 2 aromatic carbocycles. The standard InChI is InChI=1S/C17H14ClN3O3S2/c1-2-8-21-14-7-6-13(26(19,23)24)10-15(14)25-17(21)20-16(22)11-4-3-5-12(18)9-11/h2-7,9-10H,1,8H2,(H2,19,23,24). The van der Waals surface area contributed by atoms with Crippen LogP contribution in [-0.2, 0) is 16.6 Å². The first-order valence-corrected chi connectivity index (χ1v) is 10.2. The normalized spacial score (nSPS) is 12.5. The zero-order valence-corrected chi connectivity index (χ0v) is 15.8. The predicted molar refractivity (Wildman–Crippen MR) is 103 cm³/mol. The maximum Gasteiger partial charge on any atom is 0.279 e. The van der Waals surface area contributed by atoms with Crippen molar-refractivity contribution in [1.29, 1.82) is 0 Å². The quantitative estimate of drug-likeness (QED) is 0.673. The van der Waals surface area contributed by atoms with Crippen molar-refractivity contribution in [3.8, 4) is 0 Å². The minimum Gasteiger partial charge on any atom is -0.312 e. The SMILES string of the molecule is C=CCn1c(=NC(=O)c2cccc(Cl)c2)sc2cc(S(N)(=O)=O)ccc21. The Hall–Kier alpha value is -2.26. The average molecular weight is 408 g/mol. The Balaban J connectivity index is 2.19. The summed E-state index contributed by atoms with van der Waals surface area (Å²) < 4.78 is 25.5. The number of sulfonamides is 1. The number of nitrogens with two attached hydrogens (primary N) is 1. The van der Waals surface area contributed by atoms with Gasteiger partial charge in [-0.1, -0.05) is 35.1 Å². The van der Waals surface area contributed by atoms with E-state index in [0.29, 0.717) is 26.6 Å². The lowest BCUT2D eigenvalue weighted by atomic mass is 10.2. The van der Waals surface area contributed by atoms with Gasteiger partial charge >= 0.3 is 0 Å². The molecule has 0 spiro atoms. The first-order valence-electron chi connectivity index (χ1n) is 7.41. The highest BCUT2D eigenvalue weighted by Crippen LogP contribution is 2.21. The van der Waals surface area contributed by atoms with Crippen molar-refractivity contribution in [2.45, 2.75) is 11.4 Å². The lowest BCUT2D eigenvalue weighted by Crippen LogP contribution is -2.16. The first kappa shape index (κ1) is 18.5. The van der Waals surface area contributed by atoms with Crippen LogP contribution in [0.15, 0.2) is 65.0 Å². The molecule has 0 fully saturated rings. The molecular formula is C17H14ClN3O3S2. The topological polar surface area (TPSA) is 94.5 Å². The molecule has 0 saturated carbocycles. The lowest BCUT2D eigenvalue weighted by molar-refractivity contribution is 0.0998. The summed E-state index contributed by atoms with van der Waals surface area (Å²) >= 11 is 7.11. The first-order chi connectivity index (χ1) is 12.3. The number of thiazole rings is 1. The maximum atomic E-state index is 12.5. The van der Waals surface area contributed by atoms with Gasteiger partial charge in [0, 0.05) is 17.1 Å². The van der Waals surface area contributed by atoms with Crippen LogP contribution in [0.2, 0.25) is 5.02 Å². The Morgan fingerprint density at radius 2 is 2.08 bits per heavy atom. The number of hydrogen-bond donors (Lipinski definition) is 1. The van der Waals surface area contributed by atoms with E-state index in [1.165, 1.54) is 29.5 Å². The Morgan fingerprint density at radius 3 is 2.73 bits per heavy atom. The van der Waals surface area contributed by atoms with E-state index in [1.807, 2.05) is 0 Å². The third-order valence-corrected chi connectivity index (χ3v) is 5.75. The van der Waals surface area contributed by atoms with Gasteiger partial charge in [0.2, 0.25) is 10.0 Å². The largest absolute Gasteiger partial charge is 0.312 e. The molecule has 134 valence electrons. The number of carbonyl (C=O) groups excluding carboxylic acids is 1. The third kappa shape index (κ3) is 3.78. The van der Waals surface area contributed by atoms with Gasteiger partial charge in [0.15, 0.2) is 4.80 Å². The summed E-state index contributed by atoms with van der Waals surface area (Å²) in [6, 6.07) is 11.0. The molecule has 9 heteroatoms. The van der Waals surface area contributed by atoms with Crippen molar-refractivity contribution in [3.05, 3.63) is 70.5 Å². The summed E-state index contributed by atoms with van der Waals surface area (Å²) in [4.78, 5) is 17.1. The molecule has 0 aliphatic rings. The van der Waals surface area contributed by atoms with E-state index in [9.17, 15) is 13.2 Å². The molecule has 0 aliphatic carbocycles. The molecule has 3 aromatic rings. The Labute approximate surface area is 158 Å². The number of primary sulfonamides is 1. The van der Waals surface area contributed by atoms with Gasteiger partial charge < -0.3 is 4.57 Å². The van der Waals surface area contributed by atoms with E-state index in [4.69, 9.17) is 16.7 Å². The Morgan fingerprint density at radius 1 is 1.31 bits per heavy atom. The fourth-order valence-electron chi connectivity index (χ4n) is 2.39. The van der Waals surface area contributed by atoms with Crippen LogP contribution in [0.3, 0.4) is 0 Å². The van der Waals surface area contributed by atoms with Gasteiger partial charge in [0.1, 0.15) is 0 Å². The van der Waals surface area contributed by atoms with Gasteiger partial charge in [-0.3, -0.25) is 4.79 Å². The number of allylic oxidation sites excluding steroid dienone is 1. The predicted octanol–water partition coefficient (Wildman–Crippen LogP) is 2.93. The van der Waals surface area contributed by atoms with Crippen LogP contribution in [0, 0.1) is 0 Å². The van der Waals surface area contributed by atoms with Crippen LogP contribution in [0.1, 0.15) is 10.4 Å². The van der Waals surface area contributed by atoms with Crippen LogP contribution >= 0.6 is 22.9 Å². The van der Waals surface area contributed by atoms with Crippen molar-refractivity contribution in [3.63, 3.8) is 0 Å². The number of rotatable bonds is 4. The van der Waals surface area contributed by atoms with Gasteiger partial charge in [-0.2, -0.15) is 4.99 Å². The van der Waals surface area contributed by atoms with Crippen LogP contribution in [-0.4, -0.2) is 18.9 Å². The van der Waals surface area contributed by atoms with Gasteiger partial charge in [0.05, 0.1) is 15.1 Å². The highest BCUT2D eigenvalue weighted by atomic mass is 35.5. The van der Waals surface area contributed by atoms with Crippen LogP contribution in [0.4, 0.5) is 0 Å². The fourth-order valence-corrected chi connectivity index (χ4v) is 4.28. The smallest absolute Gasteiger partial charge is 0.279 e. The maximum absolute atomic E-state index is 12.5. The molecule has 1 aromatic heterocycles. The summed E-state index contributed by atoms with van der Waals surface area (Å²) in [7, 11) is -3.82. The second-order valence-electron chi connectivity index (χ2n) is 5.39. The molecule has 3 rings (SSSR count). The second-order valence-corrected chi connectivity index (χ2v) is 8.39. The number of benzene rings is 2. The summed E-state index contributed by atoms with van der Waals surface area (Å²) in [6.07, 6.45) is 1.67. The molecule has 1 amide bonds. The number of aromatic nitrogens is 1. The highest BCUT2D eigenvalue weighted by molar-refractivity contribution is 7.89. The molecule has 26 heavy (non-hydrogen) atoms. The van der Waals surface area contributed by atoms with Crippen LogP contribution in [0.25, 0.3) is 10.2 Å². The highest BCUT2D eigenvalue weighted by Gasteiger charge is 2.13. The van der Waals surface area contributed by atoms with E-state index in [0.717, 1.165) is 5.52 Å². The fraction of sp³-hybridized carbons (Fsp3) is 0.0588. The molecule has 0 saturated heterocycles. The molecule has 1 heterocycles. The zero-order valence-electron chi connectivity index (χ0n) is 13.4. The van der Waals surface area contributed by atoms with Gasteiger partial charge in [-0.15, -0.1) is 6.58 Å². The Kier molecular flexibility index (Phi) is 5.10. The number of carbonyl (C=O) groups is 1. The van der Waals surface area contributed by atoms with E-state index in [1.54, 1.807) is 34.9 Å². The van der Waals surface area contributed by atoms with E-state index < -0.39 is 15.9 Å². The molecule has 2 N–H and O–H groups in total. The number of amides is 1. The monoisotopic (exact) mass is 407 g/mol. The van der Waals surface area contributed by atoms with Crippen LogP contribution < -0.4 is 9.94 Å². The van der Waals surface area contributed by atoms with Crippen molar-refractivity contribution >= 4 is 49.1 Å². The molecule has 0 unspecified atom stereocenters. The summed E-state index contributed by atoms with van der Waals surface area (Å²) in [5.41, 5.74) is 1.10. The van der Waals surface area contributed by atoms with E-state index >= 15 is 0 Å². The van der Waals surface area contributed by atoms with E-state index in [-0.39, 0.29) is 4.90 Å². The minimum atomic E-state index is -3.82. The van der Waals surface area contributed by atoms with Crippen LogP contribution in [0.5, 0.6) is 0 Å². The number of halogens is 1. The number of hydrogen-bond acceptors (Lipinski definition) is 4. The second kappa shape index (κ2) is 7.16. The van der Waals surface area contributed by atoms with Gasteiger partial charge in [-0.25, -0.2) is 13.6 Å². The zero-order chi connectivity index (χ0) is 18.9. The average Bonchev–Trinajstić information content (AvgIpc) is 2.91. The Bertz CT molecular complexity index is 1190. The van der Waals surface area contributed by atoms with Crippen molar-refractivity contribution in [1.82, 2.24) is 4.57 Å². The molecule has 0 atom stereocenters. The van der Waals surface area contributed by atoms with Gasteiger partial charge in [0.25, 0.3) is 5.91 Å². The molecule has 0 radical (unpaired) electrons. The molecular weight excluding hydrogens is 394 g/mol. The molecule has 6 nitrogen and oxygen atoms in total. The number of fused-ring (bicyclic) bond motifs is 1. The number of nitrogens with zero attached hydrogens (tertiary/aromatic N) is 2. The van der Waals surface area contributed by atoms with Crippen molar-refractivity contribution in [2.75, 3.05) is 0 Å². The molecule has 0 aliphatic heterocycles. The van der Waals surface area contributed by atoms with Crippen molar-refractivity contribution < 1.29 is 13.2 Å². The minimum absolute atomic E-state index is 0.00437. The summed E-state index contributed by atoms with van der Waals surface area (Å²) in [6.45, 7) is 4.13.